The fourth-order valence-corrected chi connectivity index (χ4v) is 2.13. The first-order chi connectivity index (χ1) is 8.60. The maximum absolute atomic E-state index is 13.2. The van der Waals surface area contributed by atoms with E-state index in [1.807, 2.05) is 0 Å². The summed E-state index contributed by atoms with van der Waals surface area (Å²) in [5.74, 6) is -0.0850. The van der Waals surface area contributed by atoms with Crippen molar-refractivity contribution in [1.82, 2.24) is 9.55 Å². The molecule has 0 aliphatic heterocycles. The van der Waals surface area contributed by atoms with E-state index in [1.54, 1.807) is 16.8 Å². The van der Waals surface area contributed by atoms with Gasteiger partial charge in [-0.05, 0) is 23.8 Å². The molecule has 5 nitrogen and oxygen atoms in total. The second-order valence-corrected chi connectivity index (χ2v) is 4.56. The van der Waals surface area contributed by atoms with E-state index < -0.39 is 0 Å². The van der Waals surface area contributed by atoms with Crippen LogP contribution in [0.4, 0.5) is 4.39 Å². The smallest absolute Gasteiger partial charge is 0.206 e. The molecule has 1 aromatic carbocycles. The minimum absolute atomic E-state index is 0.0875. The average molecular weight is 313 g/mol. The van der Waals surface area contributed by atoms with Crippen LogP contribution in [-0.2, 0) is 6.54 Å². The van der Waals surface area contributed by atoms with Crippen LogP contribution < -0.4 is 5.73 Å². The molecule has 1 aromatic heterocycles. The van der Waals surface area contributed by atoms with Gasteiger partial charge in [-0.3, -0.25) is 0 Å². The highest BCUT2D eigenvalue weighted by Crippen LogP contribution is 2.16. The zero-order valence-corrected chi connectivity index (χ0v) is 10.8. The number of amidine groups is 1. The standard InChI is InChI=1S/C11H10BrFN4O/c12-8-3-7(4-9(13)5-8)6-17-2-1-15-11(17)10(14)16-18/h1-5,18H,6H2,(H2,14,16). The maximum atomic E-state index is 13.2. The topological polar surface area (TPSA) is 76.4 Å². The number of nitrogens with zero attached hydrogens (tertiary/aromatic N) is 3. The van der Waals surface area contributed by atoms with Crippen LogP contribution in [0.25, 0.3) is 0 Å². The Morgan fingerprint density at radius 2 is 2.28 bits per heavy atom. The number of aromatic nitrogens is 2. The van der Waals surface area contributed by atoms with Crippen LogP contribution in [0.1, 0.15) is 11.4 Å². The van der Waals surface area contributed by atoms with Gasteiger partial charge in [0.1, 0.15) is 5.82 Å². The van der Waals surface area contributed by atoms with Gasteiger partial charge < -0.3 is 15.5 Å². The summed E-state index contributed by atoms with van der Waals surface area (Å²) in [6.07, 6.45) is 3.20. The van der Waals surface area contributed by atoms with Crippen LogP contribution in [0, 0.1) is 5.82 Å². The second-order valence-electron chi connectivity index (χ2n) is 3.64. The van der Waals surface area contributed by atoms with Crippen molar-refractivity contribution < 1.29 is 9.60 Å². The minimum Gasteiger partial charge on any atom is -0.409 e. The first-order valence-corrected chi connectivity index (χ1v) is 5.83. The summed E-state index contributed by atoms with van der Waals surface area (Å²) in [5.41, 5.74) is 6.23. The Kier molecular flexibility index (Phi) is 3.61. The van der Waals surface area contributed by atoms with Gasteiger partial charge in [0.2, 0.25) is 5.84 Å². The number of imidazole rings is 1. The molecule has 3 N–H and O–H groups in total. The van der Waals surface area contributed by atoms with Crippen molar-refractivity contribution in [2.45, 2.75) is 6.54 Å². The molecule has 0 atom stereocenters. The quantitative estimate of drug-likeness (QED) is 0.393. The molecule has 0 radical (unpaired) electrons. The second kappa shape index (κ2) is 5.18. The Hall–Kier alpha value is -1.89. The third-order valence-corrected chi connectivity index (χ3v) is 2.79. The van der Waals surface area contributed by atoms with Crippen LogP contribution in [0.2, 0.25) is 0 Å². The molecule has 2 aromatic rings. The van der Waals surface area contributed by atoms with Crippen molar-refractivity contribution >= 4 is 21.8 Å². The molecule has 2 rings (SSSR count). The molecule has 0 bridgehead atoms. The summed E-state index contributed by atoms with van der Waals surface area (Å²) in [6.45, 7) is 0.377. The Morgan fingerprint density at radius 1 is 1.50 bits per heavy atom. The van der Waals surface area contributed by atoms with E-state index in [0.29, 0.717) is 16.8 Å². The van der Waals surface area contributed by atoms with E-state index in [2.05, 4.69) is 26.1 Å². The molecule has 0 unspecified atom stereocenters. The number of hydrogen-bond donors (Lipinski definition) is 2. The van der Waals surface area contributed by atoms with Crippen LogP contribution >= 0.6 is 15.9 Å². The van der Waals surface area contributed by atoms with Gasteiger partial charge in [0, 0.05) is 23.4 Å². The van der Waals surface area contributed by atoms with Gasteiger partial charge in [-0.15, -0.1) is 0 Å². The summed E-state index contributed by atoms with van der Waals surface area (Å²) >= 11 is 3.22. The fraction of sp³-hybridized carbons (Fsp3) is 0.0909. The molecule has 0 aliphatic rings. The van der Waals surface area contributed by atoms with Gasteiger partial charge in [-0.1, -0.05) is 21.1 Å². The highest BCUT2D eigenvalue weighted by molar-refractivity contribution is 9.10. The number of rotatable bonds is 3. The SMILES string of the molecule is NC(=NO)c1nccn1Cc1cc(F)cc(Br)c1. The Bertz CT molecular complexity index is 576. The molecule has 0 saturated carbocycles. The lowest BCUT2D eigenvalue weighted by Crippen LogP contribution is -2.19. The maximum Gasteiger partial charge on any atom is 0.206 e. The van der Waals surface area contributed by atoms with E-state index in [4.69, 9.17) is 10.9 Å². The molecule has 0 spiro atoms. The first kappa shape index (κ1) is 12.6. The molecule has 1 heterocycles. The Balaban J connectivity index is 2.32. The Labute approximate surface area is 111 Å². The fourth-order valence-electron chi connectivity index (χ4n) is 1.61. The number of benzene rings is 1. The van der Waals surface area contributed by atoms with E-state index in [-0.39, 0.29) is 11.7 Å². The van der Waals surface area contributed by atoms with Crippen LogP contribution in [-0.4, -0.2) is 20.6 Å². The van der Waals surface area contributed by atoms with Gasteiger partial charge in [-0.2, -0.15) is 0 Å². The largest absolute Gasteiger partial charge is 0.409 e. The van der Waals surface area contributed by atoms with Crippen LogP contribution in [0.15, 0.2) is 40.2 Å². The predicted molar refractivity (Wildman–Crippen MR) is 67.9 cm³/mol. The monoisotopic (exact) mass is 312 g/mol. The lowest BCUT2D eigenvalue weighted by atomic mass is 10.2. The number of nitrogens with two attached hydrogens (primary N) is 1. The van der Waals surface area contributed by atoms with Crippen molar-refractivity contribution in [2.75, 3.05) is 0 Å². The molecule has 18 heavy (non-hydrogen) atoms. The summed E-state index contributed by atoms with van der Waals surface area (Å²) in [6, 6.07) is 4.59. The van der Waals surface area contributed by atoms with E-state index in [0.717, 1.165) is 5.56 Å². The van der Waals surface area contributed by atoms with Crippen molar-refractivity contribution in [3.63, 3.8) is 0 Å². The zero-order valence-electron chi connectivity index (χ0n) is 9.22. The van der Waals surface area contributed by atoms with Gasteiger partial charge >= 0.3 is 0 Å². The highest BCUT2D eigenvalue weighted by atomic mass is 79.9. The normalized spacial score (nSPS) is 11.8. The first-order valence-electron chi connectivity index (χ1n) is 5.04. The van der Waals surface area contributed by atoms with Crippen LogP contribution in [0.3, 0.4) is 0 Å². The average Bonchev–Trinajstić information content (AvgIpc) is 2.74. The molecule has 94 valence electrons. The molecule has 0 amide bonds. The van der Waals surface area contributed by atoms with Gasteiger partial charge in [0.25, 0.3) is 0 Å². The number of hydrogen-bond acceptors (Lipinski definition) is 3. The van der Waals surface area contributed by atoms with Gasteiger partial charge in [0.05, 0.1) is 0 Å². The molecule has 0 aliphatic carbocycles. The highest BCUT2D eigenvalue weighted by Gasteiger charge is 2.09. The summed E-state index contributed by atoms with van der Waals surface area (Å²) < 4.78 is 15.6. The van der Waals surface area contributed by atoms with E-state index in [9.17, 15) is 4.39 Å². The number of oxime groups is 1. The summed E-state index contributed by atoms with van der Waals surface area (Å²) in [4.78, 5) is 3.97. The van der Waals surface area contributed by atoms with Gasteiger partial charge in [0.15, 0.2) is 5.82 Å². The lowest BCUT2D eigenvalue weighted by molar-refractivity contribution is 0.318. The third-order valence-electron chi connectivity index (χ3n) is 2.33. The van der Waals surface area contributed by atoms with Crippen molar-refractivity contribution in [2.24, 2.45) is 10.9 Å². The van der Waals surface area contributed by atoms with Crippen molar-refractivity contribution in [3.05, 3.63) is 52.3 Å². The van der Waals surface area contributed by atoms with E-state index in [1.165, 1.54) is 18.3 Å². The Morgan fingerprint density at radius 3 is 2.94 bits per heavy atom. The number of halogens is 2. The lowest BCUT2D eigenvalue weighted by Gasteiger charge is -2.07. The summed E-state index contributed by atoms with van der Waals surface area (Å²) in [7, 11) is 0. The molecular formula is C11H10BrFN4O. The van der Waals surface area contributed by atoms with E-state index >= 15 is 0 Å². The minimum atomic E-state index is -0.329. The third kappa shape index (κ3) is 2.67. The molecule has 7 heteroatoms. The van der Waals surface area contributed by atoms with Gasteiger partial charge in [-0.25, -0.2) is 9.37 Å². The van der Waals surface area contributed by atoms with Crippen molar-refractivity contribution in [3.8, 4) is 0 Å². The molecule has 0 fully saturated rings. The zero-order chi connectivity index (χ0) is 13.1. The summed E-state index contributed by atoms with van der Waals surface area (Å²) in [5, 5.41) is 11.5. The molecular weight excluding hydrogens is 303 g/mol. The predicted octanol–water partition coefficient (Wildman–Crippen LogP) is 1.93. The van der Waals surface area contributed by atoms with Crippen LogP contribution in [0.5, 0.6) is 0 Å². The molecule has 0 saturated heterocycles. The van der Waals surface area contributed by atoms with Crippen molar-refractivity contribution in [1.29, 1.82) is 0 Å².